The number of hydrogen-bond acceptors (Lipinski definition) is 3. The number of methoxy groups -OCH3 is 1. The molecule has 168 valence electrons. The fourth-order valence-electron chi connectivity index (χ4n) is 4.26. The minimum absolute atomic E-state index is 0.0677. The Morgan fingerprint density at radius 3 is 1.44 bits per heavy atom. The average molecular weight is 465 g/mol. The molecule has 0 saturated heterocycles. The van der Waals surface area contributed by atoms with E-state index in [9.17, 15) is 9.59 Å². The van der Waals surface area contributed by atoms with E-state index in [0.717, 1.165) is 15.9 Å². The van der Waals surface area contributed by atoms with Crippen molar-refractivity contribution in [3.63, 3.8) is 0 Å². The number of ether oxygens (including phenoxy) is 1. The van der Waals surface area contributed by atoms with Crippen molar-refractivity contribution in [3.8, 4) is 0 Å². The van der Waals surface area contributed by atoms with Crippen LogP contribution in [-0.4, -0.2) is 24.5 Å². The van der Waals surface area contributed by atoms with E-state index >= 15 is 0 Å². The summed E-state index contributed by atoms with van der Waals surface area (Å²) in [6.45, 7) is 0. The van der Waals surface area contributed by atoms with E-state index in [2.05, 4.69) is 42.5 Å². The van der Waals surface area contributed by atoms with Crippen LogP contribution in [0.2, 0.25) is 0 Å². The maximum atomic E-state index is 14.2. The van der Waals surface area contributed by atoms with Gasteiger partial charge in [0.1, 0.15) is 34.8 Å². The van der Waals surface area contributed by atoms with E-state index < -0.39 is 18.9 Å². The zero-order valence-electron chi connectivity index (χ0n) is 18.9. The summed E-state index contributed by atoms with van der Waals surface area (Å²) in [5, 5.41) is 3.14. The standard InChI is InChI=1S/C30H25O3P/c1-33-29(31)23-22-28(30(32)24-14-6-2-7-15-24)34(25-16-8-3-9-17-25,26-18-10-4-11-19-26)27-20-12-5-13-21-27/h2-22,28H,1H3. The highest BCUT2D eigenvalue weighted by atomic mass is 31.2. The second-order valence-electron chi connectivity index (χ2n) is 7.71. The lowest BCUT2D eigenvalue weighted by Gasteiger charge is -2.34. The first-order valence-electron chi connectivity index (χ1n) is 11.0. The van der Waals surface area contributed by atoms with E-state index in [1.54, 1.807) is 6.08 Å². The number of rotatable bonds is 8. The van der Waals surface area contributed by atoms with Gasteiger partial charge in [0.15, 0.2) is 0 Å². The van der Waals surface area contributed by atoms with Gasteiger partial charge in [0.05, 0.1) is 7.11 Å². The number of benzene rings is 4. The minimum atomic E-state index is -2.63. The van der Waals surface area contributed by atoms with Crippen molar-refractivity contribution >= 4 is 34.9 Å². The quantitative estimate of drug-likeness (QED) is 0.124. The van der Waals surface area contributed by atoms with Crippen LogP contribution >= 0.6 is 7.26 Å². The molecular formula is C30H25O3P. The molecule has 3 nitrogen and oxygen atoms in total. The molecule has 1 unspecified atom stereocenters. The molecule has 0 aliphatic rings. The number of hydrogen-bond donors (Lipinski definition) is 0. The molecule has 4 aromatic rings. The molecule has 4 heteroatoms. The van der Waals surface area contributed by atoms with Gasteiger partial charge in [0, 0.05) is 5.56 Å². The Morgan fingerprint density at radius 2 is 1.06 bits per heavy atom. The monoisotopic (exact) mass is 464 g/mol. The first-order chi connectivity index (χ1) is 16.7. The van der Waals surface area contributed by atoms with Gasteiger partial charge in [0.25, 0.3) is 0 Å². The van der Waals surface area contributed by atoms with Crippen LogP contribution in [0.5, 0.6) is 0 Å². The number of Topliss-reactive ketones (excluding diaryl/α,β-unsaturated/α-hetero) is 1. The third-order valence-corrected chi connectivity index (χ3v) is 10.3. The van der Waals surface area contributed by atoms with Crippen molar-refractivity contribution in [2.75, 3.05) is 7.11 Å². The smallest absolute Gasteiger partial charge is 0.205 e. The van der Waals surface area contributed by atoms with E-state index in [-0.39, 0.29) is 5.78 Å². The Labute approximate surface area is 201 Å². The molecule has 1 atom stereocenters. The van der Waals surface area contributed by atoms with Gasteiger partial charge >= 0.3 is 0 Å². The summed E-state index contributed by atoms with van der Waals surface area (Å²) < 4.78 is 4.84. The number of carbonyl (C=O) groups excluding carboxylic acids is 2. The molecule has 34 heavy (non-hydrogen) atoms. The molecule has 0 spiro atoms. The normalized spacial score (nSPS) is 12.3. The van der Waals surface area contributed by atoms with Gasteiger partial charge in [-0.25, -0.2) is 6.08 Å². The highest BCUT2D eigenvalue weighted by Gasteiger charge is 2.53. The molecule has 0 saturated carbocycles. The summed E-state index contributed by atoms with van der Waals surface area (Å²) in [7, 11) is -1.32. The molecule has 0 aliphatic carbocycles. The van der Waals surface area contributed by atoms with Crippen molar-refractivity contribution in [3.05, 3.63) is 139 Å². The van der Waals surface area contributed by atoms with Crippen molar-refractivity contribution < 1.29 is 14.3 Å². The maximum absolute atomic E-state index is 14.2. The van der Waals surface area contributed by atoms with Crippen LogP contribution in [0.15, 0.2) is 127 Å². The Hall–Kier alpha value is -3.81. The molecule has 0 N–H and O–H groups in total. The predicted molar refractivity (Wildman–Crippen MR) is 140 cm³/mol. The van der Waals surface area contributed by atoms with Crippen molar-refractivity contribution in [1.82, 2.24) is 0 Å². The molecule has 0 bridgehead atoms. The second kappa shape index (κ2) is 10.9. The topological polar surface area (TPSA) is 43.4 Å². The van der Waals surface area contributed by atoms with E-state index in [4.69, 9.17) is 4.74 Å². The zero-order valence-corrected chi connectivity index (χ0v) is 19.8. The lowest BCUT2D eigenvalue weighted by Crippen LogP contribution is -2.41. The van der Waals surface area contributed by atoms with Gasteiger partial charge in [-0.1, -0.05) is 84.9 Å². The van der Waals surface area contributed by atoms with Crippen LogP contribution in [0.1, 0.15) is 10.4 Å². The second-order valence-corrected chi connectivity index (χ2v) is 11.3. The van der Waals surface area contributed by atoms with Crippen LogP contribution < -0.4 is 15.9 Å². The van der Waals surface area contributed by atoms with E-state index in [0.29, 0.717) is 5.56 Å². The molecule has 0 heterocycles. The zero-order chi connectivity index (χ0) is 23.8. The number of allylic oxidation sites excluding steroid dienone is 1. The van der Waals surface area contributed by atoms with Crippen LogP contribution in [-0.2, 0) is 9.53 Å². The van der Waals surface area contributed by atoms with E-state index in [1.807, 2.05) is 84.9 Å². The summed E-state index contributed by atoms with van der Waals surface area (Å²) in [5.41, 5.74) is -0.0798. The molecule has 0 radical (unpaired) electrons. The minimum Gasteiger partial charge on any atom is -0.493 e. The average Bonchev–Trinajstić information content (AvgIpc) is 2.92. The summed E-state index contributed by atoms with van der Waals surface area (Å²) in [4.78, 5) is 26.4. The molecule has 4 aromatic carbocycles. The first-order valence-corrected chi connectivity index (χ1v) is 12.9. The summed E-state index contributed by atoms with van der Waals surface area (Å²) in [6.07, 6.45) is 4.33. The Balaban J connectivity index is 2.09. The van der Waals surface area contributed by atoms with Gasteiger partial charge in [-0.2, -0.15) is 0 Å². The lowest BCUT2D eigenvalue weighted by atomic mass is 10.1. The first kappa shape index (κ1) is 23.4. The summed E-state index contributed by atoms with van der Waals surface area (Å²) in [6, 6.07) is 39.5. The summed E-state index contributed by atoms with van der Waals surface area (Å²) in [5.74, 6) is -0.681. The van der Waals surface area contributed by atoms with Crippen LogP contribution in [0.4, 0.5) is 0 Å². The fourth-order valence-corrected chi connectivity index (χ4v) is 8.85. The Kier molecular flexibility index (Phi) is 7.47. The summed E-state index contributed by atoms with van der Waals surface area (Å²) >= 11 is 0. The number of ketones is 1. The van der Waals surface area contributed by atoms with Gasteiger partial charge in [-0.3, -0.25) is 9.59 Å². The fraction of sp³-hybridized carbons (Fsp3) is 0.0667. The highest BCUT2D eigenvalue weighted by Crippen LogP contribution is 2.60. The molecule has 0 amide bonds. The van der Waals surface area contributed by atoms with Crippen molar-refractivity contribution in [1.29, 1.82) is 0 Å². The van der Waals surface area contributed by atoms with Crippen molar-refractivity contribution in [2.24, 2.45) is 0 Å². The van der Waals surface area contributed by atoms with Crippen LogP contribution in [0.25, 0.3) is 0 Å². The van der Waals surface area contributed by atoms with Gasteiger partial charge in [0.2, 0.25) is 5.78 Å². The molecule has 0 aliphatic heterocycles. The lowest BCUT2D eigenvalue weighted by molar-refractivity contribution is -0.135. The van der Waals surface area contributed by atoms with Crippen LogP contribution in [0, 0.1) is 6.08 Å². The van der Waals surface area contributed by atoms with Gasteiger partial charge < -0.3 is 10.8 Å². The largest absolute Gasteiger partial charge is 0.493 e. The van der Waals surface area contributed by atoms with Crippen molar-refractivity contribution in [2.45, 2.75) is 5.66 Å². The number of esters is 1. The Bertz CT molecular complexity index is 1160. The van der Waals surface area contributed by atoms with Gasteiger partial charge in [-0.05, 0) is 36.4 Å². The molecule has 0 fully saturated rings. The van der Waals surface area contributed by atoms with Crippen LogP contribution in [0.3, 0.4) is 0 Å². The molecule has 4 rings (SSSR count). The third-order valence-electron chi connectivity index (χ3n) is 5.78. The van der Waals surface area contributed by atoms with E-state index in [1.165, 1.54) is 7.11 Å². The SMILES string of the molecule is COC(=O)[C-]=CC(C(=O)c1ccccc1)[P+](c1ccccc1)(c1ccccc1)c1ccccc1. The molecular weight excluding hydrogens is 439 g/mol. The third kappa shape index (κ3) is 4.62. The highest BCUT2D eigenvalue weighted by molar-refractivity contribution is 7.97. The molecule has 0 aromatic heterocycles. The number of carbonyl (C=O) groups is 2. The van der Waals surface area contributed by atoms with Gasteiger partial charge in [-0.15, -0.1) is 0 Å². The maximum Gasteiger partial charge on any atom is 0.205 e. The predicted octanol–water partition coefficient (Wildman–Crippen LogP) is 4.76. The Morgan fingerprint density at radius 1 is 0.676 bits per heavy atom.